The Labute approximate surface area is 339 Å². The zero-order valence-corrected chi connectivity index (χ0v) is 35.4. The predicted octanol–water partition coefficient (Wildman–Crippen LogP) is 14.2. The molecule has 2 unspecified atom stereocenters. The lowest BCUT2D eigenvalue weighted by molar-refractivity contribution is -0.122. The molecule has 0 rings (SSSR count). The summed E-state index contributed by atoms with van der Waals surface area (Å²) >= 11 is 0. The van der Waals surface area contributed by atoms with Crippen LogP contribution in [-0.4, -0.2) is 34.9 Å². The van der Waals surface area contributed by atoms with Crippen molar-refractivity contribution in [2.75, 3.05) is 6.61 Å². The van der Waals surface area contributed by atoms with E-state index in [0.717, 1.165) is 83.5 Å². The maximum Gasteiger partial charge on any atom is 0.220 e. The molecular weight excluding hydrogens is 675 g/mol. The number of aliphatic hydroxyl groups excluding tert-OH is 2. The fraction of sp³-hybridized carbons (Fsp3) is 0.588. The third-order valence-corrected chi connectivity index (χ3v) is 9.16. The molecule has 0 saturated carbocycles. The van der Waals surface area contributed by atoms with Gasteiger partial charge in [0.15, 0.2) is 0 Å². The SMILES string of the molecule is CC/C=C\C/C=C\C/C=C\C/C=C\C/C=C\C/C=C\C/C=C\CCCC(=O)NC(CO)C(O)/C=C/CC/C=C/CC/C=C/CCCCCCCCCCCC. The van der Waals surface area contributed by atoms with Gasteiger partial charge in [-0.15, -0.1) is 0 Å². The molecule has 310 valence electrons. The van der Waals surface area contributed by atoms with E-state index in [1.54, 1.807) is 6.08 Å². The number of hydrogen-bond acceptors (Lipinski definition) is 3. The van der Waals surface area contributed by atoms with Crippen LogP contribution in [0, 0.1) is 0 Å². The highest BCUT2D eigenvalue weighted by atomic mass is 16.3. The highest BCUT2D eigenvalue weighted by Crippen LogP contribution is 2.12. The van der Waals surface area contributed by atoms with Crippen LogP contribution in [0.25, 0.3) is 0 Å². The summed E-state index contributed by atoms with van der Waals surface area (Å²) in [4.78, 5) is 12.4. The van der Waals surface area contributed by atoms with Gasteiger partial charge in [0, 0.05) is 6.42 Å². The van der Waals surface area contributed by atoms with Gasteiger partial charge < -0.3 is 15.5 Å². The second-order valence-corrected chi connectivity index (χ2v) is 14.4. The zero-order valence-electron chi connectivity index (χ0n) is 35.4. The first-order valence-corrected chi connectivity index (χ1v) is 22.2. The smallest absolute Gasteiger partial charge is 0.220 e. The third-order valence-electron chi connectivity index (χ3n) is 9.16. The largest absolute Gasteiger partial charge is 0.394 e. The molecule has 0 aliphatic heterocycles. The van der Waals surface area contributed by atoms with E-state index in [-0.39, 0.29) is 12.5 Å². The first-order valence-electron chi connectivity index (χ1n) is 22.2. The van der Waals surface area contributed by atoms with Gasteiger partial charge in [-0.05, 0) is 96.3 Å². The quantitative estimate of drug-likeness (QED) is 0.0434. The molecule has 0 radical (unpaired) electrons. The van der Waals surface area contributed by atoms with Gasteiger partial charge in [-0.25, -0.2) is 0 Å². The molecule has 0 aliphatic carbocycles. The number of carbonyl (C=O) groups is 1. The fourth-order valence-corrected chi connectivity index (χ4v) is 5.78. The number of amides is 1. The van der Waals surface area contributed by atoms with Crippen LogP contribution in [0.4, 0.5) is 0 Å². The van der Waals surface area contributed by atoms with Crippen molar-refractivity contribution >= 4 is 5.91 Å². The van der Waals surface area contributed by atoms with Gasteiger partial charge in [0.25, 0.3) is 0 Å². The van der Waals surface area contributed by atoms with E-state index in [9.17, 15) is 15.0 Å². The normalized spacial score (nSPS) is 14.2. The van der Waals surface area contributed by atoms with Crippen LogP contribution >= 0.6 is 0 Å². The second kappa shape index (κ2) is 45.2. The Hall–Kier alpha value is -3.21. The summed E-state index contributed by atoms with van der Waals surface area (Å²) in [5.41, 5.74) is 0. The molecule has 0 aromatic carbocycles. The molecule has 1 amide bonds. The van der Waals surface area contributed by atoms with Crippen LogP contribution in [0.1, 0.15) is 174 Å². The third kappa shape index (κ3) is 41.8. The number of unbranched alkanes of at least 4 members (excludes halogenated alkanes) is 13. The summed E-state index contributed by atoms with van der Waals surface area (Å²) in [5, 5.41) is 22.9. The van der Waals surface area contributed by atoms with Gasteiger partial charge in [0.2, 0.25) is 5.91 Å². The van der Waals surface area contributed by atoms with Crippen molar-refractivity contribution in [3.63, 3.8) is 0 Å². The lowest BCUT2D eigenvalue weighted by Gasteiger charge is -2.19. The molecular formula is C51H83NO3. The minimum absolute atomic E-state index is 0.141. The molecule has 0 aromatic rings. The van der Waals surface area contributed by atoms with Crippen molar-refractivity contribution in [3.05, 3.63) is 122 Å². The van der Waals surface area contributed by atoms with Gasteiger partial charge in [-0.3, -0.25) is 4.79 Å². The minimum atomic E-state index is -0.903. The molecule has 4 nitrogen and oxygen atoms in total. The van der Waals surface area contributed by atoms with E-state index >= 15 is 0 Å². The Morgan fingerprint density at radius 3 is 1.27 bits per heavy atom. The topological polar surface area (TPSA) is 69.6 Å². The first kappa shape index (κ1) is 51.8. The van der Waals surface area contributed by atoms with Gasteiger partial charge in [0.1, 0.15) is 0 Å². The molecule has 0 spiro atoms. The molecule has 0 fully saturated rings. The van der Waals surface area contributed by atoms with E-state index < -0.39 is 12.1 Å². The van der Waals surface area contributed by atoms with Gasteiger partial charge >= 0.3 is 0 Å². The van der Waals surface area contributed by atoms with E-state index in [2.05, 4.69) is 129 Å². The Morgan fingerprint density at radius 2 is 0.818 bits per heavy atom. The molecule has 2 atom stereocenters. The molecule has 0 heterocycles. The summed E-state index contributed by atoms with van der Waals surface area (Å²) in [5.74, 6) is -0.141. The van der Waals surface area contributed by atoms with Gasteiger partial charge in [-0.1, -0.05) is 193 Å². The molecule has 0 bridgehead atoms. The van der Waals surface area contributed by atoms with E-state index in [4.69, 9.17) is 0 Å². The molecule has 0 saturated heterocycles. The van der Waals surface area contributed by atoms with Crippen LogP contribution in [0.5, 0.6) is 0 Å². The molecule has 4 heteroatoms. The van der Waals surface area contributed by atoms with Crippen LogP contribution in [0.15, 0.2) is 122 Å². The standard InChI is InChI=1S/C51H83NO3/c1-3-5-7-9-11-13-15-17-19-21-23-25-26-27-29-31-33-35-37-39-41-43-45-47-51(55)52-49(48-53)50(54)46-44-42-40-38-36-34-32-30-28-24-22-20-18-16-14-12-10-8-6-4-2/h5,7,11,13,17,19,23,25,27-30,33,35-36,38-39,41,44,46,49-50,53-54H,3-4,6,8-10,12,14-16,18,20-22,24,26,31-32,34,37,40,42-43,45,47-48H2,1-2H3,(H,52,55)/b7-5-,13-11-,19-17-,25-23-,29-27-,30-28+,35-33-,38-36+,41-39-,46-44+. The lowest BCUT2D eigenvalue weighted by Crippen LogP contribution is -2.45. The highest BCUT2D eigenvalue weighted by Gasteiger charge is 2.17. The molecule has 3 N–H and O–H groups in total. The van der Waals surface area contributed by atoms with Crippen LogP contribution in [0.2, 0.25) is 0 Å². The van der Waals surface area contributed by atoms with Crippen LogP contribution in [-0.2, 0) is 4.79 Å². The minimum Gasteiger partial charge on any atom is -0.394 e. The van der Waals surface area contributed by atoms with Crippen molar-refractivity contribution < 1.29 is 15.0 Å². The number of nitrogens with one attached hydrogen (secondary N) is 1. The first-order chi connectivity index (χ1) is 27.2. The van der Waals surface area contributed by atoms with Crippen molar-refractivity contribution in [2.45, 2.75) is 187 Å². The van der Waals surface area contributed by atoms with Crippen molar-refractivity contribution in [1.29, 1.82) is 0 Å². The van der Waals surface area contributed by atoms with Crippen molar-refractivity contribution in [3.8, 4) is 0 Å². The maximum absolute atomic E-state index is 12.4. The van der Waals surface area contributed by atoms with Crippen molar-refractivity contribution in [2.24, 2.45) is 0 Å². The van der Waals surface area contributed by atoms with Gasteiger partial charge in [0.05, 0.1) is 18.8 Å². The van der Waals surface area contributed by atoms with Gasteiger partial charge in [-0.2, -0.15) is 0 Å². The number of aliphatic hydroxyl groups is 2. The Bertz CT molecular complexity index is 1130. The summed E-state index contributed by atoms with van der Waals surface area (Å²) in [6.07, 6.45) is 70.2. The summed E-state index contributed by atoms with van der Waals surface area (Å²) < 4.78 is 0. The Balaban J connectivity index is 3.82. The molecule has 0 aromatic heterocycles. The van der Waals surface area contributed by atoms with E-state index in [0.29, 0.717) is 6.42 Å². The van der Waals surface area contributed by atoms with E-state index in [1.165, 1.54) is 70.6 Å². The maximum atomic E-state index is 12.4. The lowest BCUT2D eigenvalue weighted by atomic mass is 10.1. The second-order valence-electron chi connectivity index (χ2n) is 14.4. The fourth-order valence-electron chi connectivity index (χ4n) is 5.78. The number of hydrogen-bond donors (Lipinski definition) is 3. The zero-order chi connectivity index (χ0) is 40.0. The Kier molecular flexibility index (Phi) is 42.5. The summed E-state index contributed by atoms with van der Waals surface area (Å²) in [7, 11) is 0. The number of allylic oxidation sites excluding steroid dienone is 19. The number of carbonyl (C=O) groups excluding carboxylic acids is 1. The van der Waals surface area contributed by atoms with Crippen molar-refractivity contribution in [1.82, 2.24) is 5.32 Å². The summed E-state index contributed by atoms with van der Waals surface area (Å²) in [6.45, 7) is 4.14. The monoisotopic (exact) mass is 758 g/mol. The number of rotatable bonds is 38. The van der Waals surface area contributed by atoms with Crippen LogP contribution in [0.3, 0.4) is 0 Å². The van der Waals surface area contributed by atoms with E-state index in [1.807, 2.05) is 6.08 Å². The highest BCUT2D eigenvalue weighted by molar-refractivity contribution is 5.76. The average Bonchev–Trinajstić information content (AvgIpc) is 3.19. The molecule has 0 aliphatic rings. The molecule has 55 heavy (non-hydrogen) atoms. The summed E-state index contributed by atoms with van der Waals surface area (Å²) in [6, 6.07) is -0.685. The average molecular weight is 758 g/mol. The Morgan fingerprint density at radius 1 is 0.455 bits per heavy atom. The van der Waals surface area contributed by atoms with Crippen LogP contribution < -0.4 is 5.32 Å². The predicted molar refractivity (Wildman–Crippen MR) is 243 cm³/mol.